The molecule has 4 nitrogen and oxygen atoms in total. The lowest BCUT2D eigenvalue weighted by molar-refractivity contribution is 0.101. The molecule has 3 aromatic rings. The molecule has 0 saturated carbocycles. The highest BCUT2D eigenvalue weighted by atomic mass is 16.2. The second kappa shape index (κ2) is 6.48. The zero-order chi connectivity index (χ0) is 16.2. The molecule has 0 saturated heterocycles. The van der Waals surface area contributed by atoms with Gasteiger partial charge in [-0.2, -0.15) is 5.10 Å². The van der Waals surface area contributed by atoms with Crippen LogP contribution in [0.5, 0.6) is 0 Å². The summed E-state index contributed by atoms with van der Waals surface area (Å²) in [6.45, 7) is 1.88. The van der Waals surface area contributed by atoms with Gasteiger partial charge in [0.25, 0.3) is 5.91 Å². The van der Waals surface area contributed by atoms with Crippen molar-refractivity contribution in [2.45, 2.75) is 13.3 Å². The molecule has 0 atom stereocenters. The third kappa shape index (κ3) is 3.48. The van der Waals surface area contributed by atoms with Crippen molar-refractivity contribution in [3.05, 3.63) is 83.2 Å². The summed E-state index contributed by atoms with van der Waals surface area (Å²) >= 11 is 0. The second-order valence-corrected chi connectivity index (χ2v) is 5.57. The van der Waals surface area contributed by atoms with Crippen molar-refractivity contribution in [1.29, 1.82) is 0 Å². The zero-order valence-corrected chi connectivity index (χ0v) is 13.3. The summed E-state index contributed by atoms with van der Waals surface area (Å²) in [5.74, 6) is -0.145. The van der Waals surface area contributed by atoms with E-state index < -0.39 is 0 Å². The maximum Gasteiger partial charge on any atom is 0.273 e. The molecule has 1 amide bonds. The van der Waals surface area contributed by atoms with Gasteiger partial charge >= 0.3 is 0 Å². The molecule has 23 heavy (non-hydrogen) atoms. The number of hydrogen-bond donors (Lipinski definition) is 1. The van der Waals surface area contributed by atoms with Gasteiger partial charge < -0.3 is 5.32 Å². The third-order valence-electron chi connectivity index (χ3n) is 3.74. The number of amides is 1. The third-order valence-corrected chi connectivity index (χ3v) is 3.74. The summed E-state index contributed by atoms with van der Waals surface area (Å²) in [6, 6.07) is 19.9. The first kappa shape index (κ1) is 15.0. The number of hydrogen-bond acceptors (Lipinski definition) is 2. The van der Waals surface area contributed by atoms with Crippen molar-refractivity contribution < 1.29 is 4.79 Å². The number of nitrogens with zero attached hydrogens (tertiary/aromatic N) is 2. The van der Waals surface area contributed by atoms with Crippen molar-refractivity contribution in [2.75, 3.05) is 5.32 Å². The molecule has 3 rings (SSSR count). The summed E-state index contributed by atoms with van der Waals surface area (Å²) in [4.78, 5) is 12.5. The summed E-state index contributed by atoms with van der Waals surface area (Å²) in [5, 5.41) is 7.22. The first-order chi connectivity index (χ1) is 11.1. The fourth-order valence-corrected chi connectivity index (χ4v) is 2.62. The number of nitrogens with one attached hydrogen (secondary N) is 1. The van der Waals surface area contributed by atoms with Gasteiger partial charge in [-0.1, -0.05) is 48.5 Å². The van der Waals surface area contributed by atoms with Gasteiger partial charge in [0, 0.05) is 12.7 Å². The Morgan fingerprint density at radius 2 is 1.78 bits per heavy atom. The van der Waals surface area contributed by atoms with E-state index in [2.05, 4.69) is 22.5 Å². The molecule has 0 aliphatic heterocycles. The van der Waals surface area contributed by atoms with Gasteiger partial charge in [0.2, 0.25) is 0 Å². The van der Waals surface area contributed by atoms with Gasteiger partial charge in [0.15, 0.2) is 0 Å². The molecule has 0 spiro atoms. The molecule has 1 N–H and O–H groups in total. The number of carbonyl (C=O) groups excluding carboxylic acids is 1. The number of benzene rings is 2. The number of carbonyl (C=O) groups is 1. The van der Waals surface area contributed by atoms with E-state index in [1.807, 2.05) is 49.4 Å². The molecule has 0 radical (unpaired) electrons. The Labute approximate surface area is 135 Å². The lowest BCUT2D eigenvalue weighted by atomic mass is 10.0. The van der Waals surface area contributed by atoms with Crippen LogP contribution in [-0.4, -0.2) is 15.7 Å². The minimum atomic E-state index is -0.145. The standard InChI is InChI=1S/C19H19N3O/c1-14-12-18(22(2)21-14)19(23)20-17-11-7-6-10-16(17)13-15-8-4-3-5-9-15/h3-12H,13H2,1-2H3,(H,20,23). The lowest BCUT2D eigenvalue weighted by Crippen LogP contribution is -2.17. The first-order valence-corrected chi connectivity index (χ1v) is 7.57. The van der Waals surface area contributed by atoms with E-state index in [1.54, 1.807) is 17.8 Å². The van der Waals surface area contributed by atoms with Crippen LogP contribution in [0.1, 0.15) is 27.3 Å². The fourth-order valence-electron chi connectivity index (χ4n) is 2.62. The van der Waals surface area contributed by atoms with E-state index in [4.69, 9.17) is 0 Å². The van der Waals surface area contributed by atoms with Gasteiger partial charge in [-0.15, -0.1) is 0 Å². The smallest absolute Gasteiger partial charge is 0.273 e. The fraction of sp³-hybridized carbons (Fsp3) is 0.158. The molecule has 0 bridgehead atoms. The van der Waals surface area contributed by atoms with Crippen LogP contribution in [0.3, 0.4) is 0 Å². The monoisotopic (exact) mass is 305 g/mol. The maximum absolute atomic E-state index is 12.5. The number of anilines is 1. The van der Waals surface area contributed by atoms with Crippen LogP contribution >= 0.6 is 0 Å². The number of aromatic nitrogens is 2. The molecule has 4 heteroatoms. The van der Waals surface area contributed by atoms with Crippen molar-refractivity contribution in [2.24, 2.45) is 7.05 Å². The zero-order valence-electron chi connectivity index (χ0n) is 13.3. The minimum absolute atomic E-state index is 0.145. The topological polar surface area (TPSA) is 46.9 Å². The Balaban J connectivity index is 1.83. The van der Waals surface area contributed by atoms with Gasteiger partial charge in [0.05, 0.1) is 5.69 Å². The van der Waals surface area contributed by atoms with Crippen molar-refractivity contribution >= 4 is 11.6 Å². The van der Waals surface area contributed by atoms with Crippen LogP contribution in [0.4, 0.5) is 5.69 Å². The Bertz CT molecular complexity index is 822. The lowest BCUT2D eigenvalue weighted by Gasteiger charge is -2.11. The van der Waals surface area contributed by atoms with Crippen molar-refractivity contribution in [1.82, 2.24) is 9.78 Å². The highest BCUT2D eigenvalue weighted by molar-refractivity contribution is 6.03. The Morgan fingerprint density at radius 3 is 2.48 bits per heavy atom. The molecule has 0 fully saturated rings. The van der Waals surface area contributed by atoms with Crippen LogP contribution in [0.15, 0.2) is 60.7 Å². The molecule has 1 aromatic heterocycles. The van der Waals surface area contributed by atoms with Crippen molar-refractivity contribution in [3.8, 4) is 0 Å². The predicted molar refractivity (Wildman–Crippen MR) is 91.6 cm³/mol. The average Bonchev–Trinajstić information content (AvgIpc) is 2.89. The molecule has 2 aromatic carbocycles. The van der Waals surface area contributed by atoms with Crippen LogP contribution in [0, 0.1) is 6.92 Å². The number of rotatable bonds is 4. The highest BCUT2D eigenvalue weighted by Gasteiger charge is 2.13. The average molecular weight is 305 g/mol. The maximum atomic E-state index is 12.5. The summed E-state index contributed by atoms with van der Waals surface area (Å²) < 4.78 is 1.60. The van der Waals surface area contributed by atoms with Gasteiger partial charge in [0.1, 0.15) is 5.69 Å². The Hall–Kier alpha value is -2.88. The molecule has 1 heterocycles. The van der Waals surface area contributed by atoms with Crippen LogP contribution in [0.25, 0.3) is 0 Å². The largest absolute Gasteiger partial charge is 0.320 e. The SMILES string of the molecule is Cc1cc(C(=O)Nc2ccccc2Cc2ccccc2)n(C)n1. The van der Waals surface area contributed by atoms with Gasteiger partial charge in [-0.3, -0.25) is 9.48 Å². The van der Waals surface area contributed by atoms with E-state index in [0.29, 0.717) is 5.69 Å². The molecule has 0 unspecified atom stereocenters. The minimum Gasteiger partial charge on any atom is -0.320 e. The molecule has 0 aliphatic carbocycles. The summed E-state index contributed by atoms with van der Waals surface area (Å²) in [6.07, 6.45) is 0.779. The molecular formula is C19H19N3O. The summed E-state index contributed by atoms with van der Waals surface area (Å²) in [7, 11) is 1.78. The second-order valence-electron chi connectivity index (χ2n) is 5.57. The quantitative estimate of drug-likeness (QED) is 0.801. The van der Waals surface area contributed by atoms with Crippen LogP contribution in [0.2, 0.25) is 0 Å². The normalized spacial score (nSPS) is 10.5. The van der Waals surface area contributed by atoms with Gasteiger partial charge in [-0.05, 0) is 36.6 Å². The first-order valence-electron chi connectivity index (χ1n) is 7.57. The number of para-hydroxylation sites is 1. The van der Waals surface area contributed by atoms with E-state index in [0.717, 1.165) is 23.4 Å². The van der Waals surface area contributed by atoms with Crippen LogP contribution in [-0.2, 0) is 13.5 Å². The van der Waals surface area contributed by atoms with E-state index in [9.17, 15) is 4.79 Å². The molecular weight excluding hydrogens is 286 g/mol. The number of aryl methyl sites for hydroxylation is 2. The molecule has 0 aliphatic rings. The Morgan fingerprint density at radius 1 is 1.09 bits per heavy atom. The van der Waals surface area contributed by atoms with E-state index >= 15 is 0 Å². The van der Waals surface area contributed by atoms with Gasteiger partial charge in [-0.25, -0.2) is 0 Å². The molecule has 116 valence electrons. The summed E-state index contributed by atoms with van der Waals surface area (Å²) in [5.41, 5.74) is 4.52. The van der Waals surface area contributed by atoms with E-state index in [1.165, 1.54) is 5.56 Å². The Kier molecular flexibility index (Phi) is 4.24. The van der Waals surface area contributed by atoms with Crippen LogP contribution < -0.4 is 5.32 Å². The van der Waals surface area contributed by atoms with Crippen molar-refractivity contribution in [3.63, 3.8) is 0 Å². The van der Waals surface area contributed by atoms with E-state index in [-0.39, 0.29) is 5.91 Å². The highest BCUT2D eigenvalue weighted by Crippen LogP contribution is 2.20. The predicted octanol–water partition coefficient (Wildman–Crippen LogP) is 3.57.